The van der Waals surface area contributed by atoms with Crippen molar-refractivity contribution in [3.8, 4) is 11.5 Å². The van der Waals surface area contributed by atoms with Gasteiger partial charge in [-0.3, -0.25) is 9.59 Å². The van der Waals surface area contributed by atoms with Crippen molar-refractivity contribution in [3.63, 3.8) is 0 Å². The van der Waals surface area contributed by atoms with Crippen LogP contribution >= 0.6 is 11.6 Å². The zero-order chi connectivity index (χ0) is 22.2. The Morgan fingerprint density at radius 3 is 2.23 bits per heavy atom. The first-order valence-corrected chi connectivity index (χ1v) is 9.75. The third kappa shape index (κ3) is 5.65. The molecule has 0 bridgehead atoms. The number of methoxy groups -OCH3 is 2. The quantitative estimate of drug-likeness (QED) is 0.523. The highest BCUT2D eigenvalue weighted by atomic mass is 35.5. The first kappa shape index (κ1) is 21.9. The minimum Gasteiger partial charge on any atom is -0.493 e. The number of halogens is 1. The van der Waals surface area contributed by atoms with Gasteiger partial charge < -0.3 is 20.1 Å². The summed E-state index contributed by atoms with van der Waals surface area (Å²) in [7, 11) is 3.03. The lowest BCUT2D eigenvalue weighted by Crippen LogP contribution is -2.30. The third-order valence-electron chi connectivity index (χ3n) is 4.36. The summed E-state index contributed by atoms with van der Waals surface area (Å²) in [5.74, 6) is 0.0234. The van der Waals surface area contributed by atoms with E-state index in [1.54, 1.807) is 66.7 Å². The van der Waals surface area contributed by atoms with Gasteiger partial charge in [0.05, 0.1) is 14.2 Å². The molecule has 0 radical (unpaired) electrons. The first-order valence-electron chi connectivity index (χ1n) is 9.38. The Morgan fingerprint density at radius 1 is 0.871 bits per heavy atom. The van der Waals surface area contributed by atoms with Gasteiger partial charge in [-0.15, -0.1) is 0 Å². The lowest BCUT2D eigenvalue weighted by Gasteiger charge is -2.14. The topological polar surface area (TPSA) is 76.7 Å². The van der Waals surface area contributed by atoms with E-state index in [1.165, 1.54) is 20.3 Å². The van der Waals surface area contributed by atoms with E-state index in [0.717, 1.165) is 0 Å². The van der Waals surface area contributed by atoms with Gasteiger partial charge in [0.2, 0.25) is 0 Å². The number of hydrogen-bond acceptors (Lipinski definition) is 4. The molecule has 31 heavy (non-hydrogen) atoms. The van der Waals surface area contributed by atoms with E-state index < -0.39 is 11.8 Å². The number of anilines is 1. The van der Waals surface area contributed by atoms with Crippen molar-refractivity contribution in [2.24, 2.45) is 0 Å². The lowest BCUT2D eigenvalue weighted by molar-refractivity contribution is -0.113. The van der Waals surface area contributed by atoms with Crippen molar-refractivity contribution >= 4 is 35.2 Å². The molecular weight excluding hydrogens is 416 g/mol. The fourth-order valence-electron chi connectivity index (χ4n) is 2.86. The number of ether oxygens (including phenoxy) is 2. The van der Waals surface area contributed by atoms with Crippen LogP contribution in [0.15, 0.2) is 78.5 Å². The first-order chi connectivity index (χ1) is 15.0. The molecule has 0 aliphatic carbocycles. The van der Waals surface area contributed by atoms with E-state index in [1.807, 2.05) is 6.07 Å². The van der Waals surface area contributed by atoms with Crippen LogP contribution in [0, 0.1) is 0 Å². The molecule has 3 rings (SSSR count). The van der Waals surface area contributed by atoms with Crippen molar-refractivity contribution in [1.29, 1.82) is 0 Å². The molecule has 0 aromatic heterocycles. The Morgan fingerprint density at radius 2 is 1.58 bits per heavy atom. The van der Waals surface area contributed by atoms with E-state index >= 15 is 0 Å². The number of nitrogens with one attached hydrogen (secondary N) is 2. The molecular formula is C24H21ClN2O4. The average molecular weight is 437 g/mol. The number of rotatable bonds is 7. The van der Waals surface area contributed by atoms with Gasteiger partial charge in [-0.25, -0.2) is 0 Å². The summed E-state index contributed by atoms with van der Waals surface area (Å²) in [4.78, 5) is 25.7. The standard InChI is InChI=1S/C24H21ClN2O4/c1-30-21-10-6-9-17(22(21)31-2)15-20(27-23(28)16-7-4-3-5-8-16)24(29)26-19-13-11-18(25)12-14-19/h3-15H,1-2H3,(H,26,29)(H,27,28). The van der Waals surface area contributed by atoms with Gasteiger partial charge in [-0.05, 0) is 48.5 Å². The fraction of sp³-hybridized carbons (Fsp3) is 0.0833. The van der Waals surface area contributed by atoms with E-state index in [2.05, 4.69) is 10.6 Å². The largest absolute Gasteiger partial charge is 0.493 e. The van der Waals surface area contributed by atoms with Gasteiger partial charge in [0.1, 0.15) is 5.70 Å². The van der Waals surface area contributed by atoms with Crippen molar-refractivity contribution in [1.82, 2.24) is 5.32 Å². The van der Waals surface area contributed by atoms with Crippen LogP contribution in [0.1, 0.15) is 15.9 Å². The summed E-state index contributed by atoms with van der Waals surface area (Å²) in [5, 5.41) is 6.00. The number of para-hydroxylation sites is 1. The molecule has 0 fully saturated rings. The molecule has 0 aliphatic rings. The molecule has 2 N–H and O–H groups in total. The Labute approximate surface area is 185 Å². The summed E-state index contributed by atoms with van der Waals surface area (Å²) < 4.78 is 10.8. The predicted octanol–water partition coefficient (Wildman–Crippen LogP) is 4.77. The molecule has 158 valence electrons. The zero-order valence-corrected chi connectivity index (χ0v) is 17.8. The van der Waals surface area contributed by atoms with Gasteiger partial charge in [-0.1, -0.05) is 41.9 Å². The van der Waals surface area contributed by atoms with Gasteiger partial charge in [0.25, 0.3) is 11.8 Å². The summed E-state index contributed by atoms with van der Waals surface area (Å²) in [6.07, 6.45) is 1.54. The van der Waals surface area contributed by atoms with Crippen LogP contribution in [0.3, 0.4) is 0 Å². The van der Waals surface area contributed by atoms with Crippen LogP contribution in [0.5, 0.6) is 11.5 Å². The van der Waals surface area contributed by atoms with E-state index in [0.29, 0.717) is 33.3 Å². The molecule has 7 heteroatoms. The maximum Gasteiger partial charge on any atom is 0.272 e. The van der Waals surface area contributed by atoms with E-state index in [-0.39, 0.29) is 5.70 Å². The molecule has 3 aromatic rings. The SMILES string of the molecule is COc1cccc(C=C(NC(=O)c2ccccc2)C(=O)Nc2ccc(Cl)cc2)c1OC. The highest BCUT2D eigenvalue weighted by Crippen LogP contribution is 2.32. The van der Waals surface area contributed by atoms with E-state index in [9.17, 15) is 9.59 Å². The smallest absolute Gasteiger partial charge is 0.272 e. The Kier molecular flexibility index (Phi) is 7.30. The second kappa shape index (κ2) is 10.3. The van der Waals surface area contributed by atoms with Gasteiger partial charge >= 0.3 is 0 Å². The number of hydrogen-bond donors (Lipinski definition) is 2. The Bertz CT molecular complexity index is 1100. The molecule has 0 unspecified atom stereocenters. The van der Waals surface area contributed by atoms with Crippen molar-refractivity contribution in [2.75, 3.05) is 19.5 Å². The van der Waals surface area contributed by atoms with Crippen LogP contribution in [0.2, 0.25) is 5.02 Å². The summed E-state index contributed by atoms with van der Waals surface area (Å²) in [6, 6.07) is 20.6. The summed E-state index contributed by atoms with van der Waals surface area (Å²) >= 11 is 5.91. The van der Waals surface area contributed by atoms with Crippen molar-refractivity contribution < 1.29 is 19.1 Å². The number of carbonyl (C=O) groups excluding carboxylic acids is 2. The maximum absolute atomic E-state index is 13.0. The molecule has 0 saturated carbocycles. The Balaban J connectivity index is 1.97. The minimum atomic E-state index is -0.503. The average Bonchev–Trinajstić information content (AvgIpc) is 2.80. The molecule has 2 amide bonds. The second-order valence-corrected chi connectivity index (χ2v) is 6.86. The van der Waals surface area contributed by atoms with E-state index in [4.69, 9.17) is 21.1 Å². The van der Waals surface area contributed by atoms with Gasteiger partial charge in [0, 0.05) is 21.8 Å². The van der Waals surface area contributed by atoms with Crippen molar-refractivity contribution in [3.05, 3.63) is 94.6 Å². The highest BCUT2D eigenvalue weighted by molar-refractivity contribution is 6.30. The molecule has 6 nitrogen and oxygen atoms in total. The molecule has 0 atom stereocenters. The Hall–Kier alpha value is -3.77. The van der Waals surface area contributed by atoms with Crippen molar-refractivity contribution in [2.45, 2.75) is 0 Å². The molecule has 0 spiro atoms. The van der Waals surface area contributed by atoms with Gasteiger partial charge in [0.15, 0.2) is 11.5 Å². The van der Waals surface area contributed by atoms with Crippen LogP contribution < -0.4 is 20.1 Å². The highest BCUT2D eigenvalue weighted by Gasteiger charge is 2.17. The lowest BCUT2D eigenvalue weighted by atomic mass is 10.1. The second-order valence-electron chi connectivity index (χ2n) is 6.42. The third-order valence-corrected chi connectivity index (χ3v) is 4.62. The molecule has 0 aliphatic heterocycles. The number of amides is 2. The summed E-state index contributed by atoms with van der Waals surface area (Å²) in [6.45, 7) is 0. The molecule has 0 saturated heterocycles. The van der Waals surface area contributed by atoms with Crippen LogP contribution in [-0.4, -0.2) is 26.0 Å². The zero-order valence-electron chi connectivity index (χ0n) is 17.0. The monoisotopic (exact) mass is 436 g/mol. The normalized spacial score (nSPS) is 10.9. The van der Waals surface area contributed by atoms with Gasteiger partial charge in [-0.2, -0.15) is 0 Å². The minimum absolute atomic E-state index is 0.0374. The fourth-order valence-corrected chi connectivity index (χ4v) is 2.98. The maximum atomic E-state index is 13.0. The van der Waals surface area contributed by atoms with Crippen LogP contribution in [-0.2, 0) is 4.79 Å². The number of carbonyl (C=O) groups is 2. The molecule has 0 heterocycles. The van der Waals surface area contributed by atoms with Crippen LogP contribution in [0.4, 0.5) is 5.69 Å². The molecule has 3 aromatic carbocycles. The van der Waals surface area contributed by atoms with Crippen LogP contribution in [0.25, 0.3) is 6.08 Å². The summed E-state index contributed by atoms with van der Waals surface area (Å²) in [5.41, 5.74) is 1.56. The number of benzene rings is 3. The predicted molar refractivity (Wildman–Crippen MR) is 122 cm³/mol.